The number of nitrogens with two attached hydrogens (primary N) is 1. The lowest BCUT2D eigenvalue weighted by Gasteiger charge is -2.34. The van der Waals surface area contributed by atoms with Crippen LogP contribution < -0.4 is 5.73 Å². The van der Waals surface area contributed by atoms with E-state index in [2.05, 4.69) is 5.10 Å². The Morgan fingerprint density at radius 2 is 2.50 bits per heavy atom. The normalized spacial score (nSPS) is 20.1. The molecule has 7 nitrogen and oxygen atoms in total. The van der Waals surface area contributed by atoms with E-state index in [1.807, 2.05) is 6.92 Å². The van der Waals surface area contributed by atoms with Crippen LogP contribution in [0.5, 0.6) is 0 Å². The third-order valence-electron chi connectivity index (χ3n) is 3.07. The first-order valence-corrected chi connectivity index (χ1v) is 5.99. The summed E-state index contributed by atoms with van der Waals surface area (Å²) in [7, 11) is 0. The number of hydrogen-bond acceptors (Lipinski definition) is 5. The van der Waals surface area contributed by atoms with Crippen molar-refractivity contribution in [3.8, 4) is 0 Å². The number of rotatable bonds is 3. The van der Waals surface area contributed by atoms with Crippen molar-refractivity contribution in [2.24, 2.45) is 0 Å². The van der Waals surface area contributed by atoms with Crippen LogP contribution in [0.3, 0.4) is 0 Å². The molecule has 1 fully saturated rings. The van der Waals surface area contributed by atoms with E-state index in [-0.39, 0.29) is 18.6 Å². The number of aryl methyl sites for hydroxylation is 1. The van der Waals surface area contributed by atoms with E-state index in [0.717, 1.165) is 0 Å². The summed E-state index contributed by atoms with van der Waals surface area (Å²) in [6, 6.07) is -0.314. The summed E-state index contributed by atoms with van der Waals surface area (Å²) in [5.41, 5.74) is 6.54. The van der Waals surface area contributed by atoms with E-state index < -0.39 is 0 Å². The van der Waals surface area contributed by atoms with Gasteiger partial charge in [-0.25, -0.2) is 0 Å². The average molecular weight is 254 g/mol. The summed E-state index contributed by atoms with van der Waals surface area (Å²) >= 11 is 0. The number of anilines is 1. The largest absolute Gasteiger partial charge is 0.396 e. The molecule has 2 rings (SSSR count). The molecule has 0 aliphatic carbocycles. The van der Waals surface area contributed by atoms with E-state index in [0.29, 0.717) is 37.7 Å². The molecule has 0 radical (unpaired) electrons. The van der Waals surface area contributed by atoms with Gasteiger partial charge in [0.25, 0.3) is 5.91 Å². The number of hydrogen-bond donors (Lipinski definition) is 2. The van der Waals surface area contributed by atoms with Crippen molar-refractivity contribution in [2.75, 3.05) is 32.1 Å². The maximum atomic E-state index is 12.4. The van der Waals surface area contributed by atoms with Gasteiger partial charge in [-0.05, 0) is 6.92 Å². The molecule has 3 N–H and O–H groups in total. The third-order valence-corrected chi connectivity index (χ3v) is 3.07. The second-order valence-electron chi connectivity index (χ2n) is 4.17. The number of nitrogen functional groups attached to an aromatic ring is 1. The van der Waals surface area contributed by atoms with Gasteiger partial charge in [0, 0.05) is 13.1 Å². The van der Waals surface area contributed by atoms with E-state index >= 15 is 0 Å². The van der Waals surface area contributed by atoms with Crippen molar-refractivity contribution in [2.45, 2.75) is 19.5 Å². The number of amides is 1. The molecule has 1 amide bonds. The van der Waals surface area contributed by atoms with E-state index in [1.54, 1.807) is 9.58 Å². The van der Waals surface area contributed by atoms with Crippen LogP contribution in [0.2, 0.25) is 0 Å². The van der Waals surface area contributed by atoms with Crippen molar-refractivity contribution in [1.29, 1.82) is 0 Å². The fourth-order valence-electron chi connectivity index (χ4n) is 2.08. The van der Waals surface area contributed by atoms with Crippen molar-refractivity contribution in [3.05, 3.63) is 11.9 Å². The maximum absolute atomic E-state index is 12.4. The lowest BCUT2D eigenvalue weighted by Crippen LogP contribution is -2.51. The van der Waals surface area contributed by atoms with Crippen LogP contribution in [0, 0.1) is 0 Å². The van der Waals surface area contributed by atoms with E-state index in [1.165, 1.54) is 6.20 Å². The molecular formula is C11H18N4O3. The zero-order chi connectivity index (χ0) is 13.1. The number of carbonyl (C=O) groups excluding carboxylic acids is 1. The minimum absolute atomic E-state index is 0.119. The van der Waals surface area contributed by atoms with Crippen molar-refractivity contribution < 1.29 is 14.6 Å². The van der Waals surface area contributed by atoms with Gasteiger partial charge in [-0.2, -0.15) is 5.10 Å². The predicted molar refractivity (Wildman–Crippen MR) is 65.0 cm³/mol. The Morgan fingerprint density at radius 1 is 1.72 bits per heavy atom. The van der Waals surface area contributed by atoms with Crippen molar-refractivity contribution in [3.63, 3.8) is 0 Å². The number of morpholine rings is 1. The Balaban J connectivity index is 2.26. The second-order valence-corrected chi connectivity index (χ2v) is 4.17. The first-order valence-electron chi connectivity index (χ1n) is 5.99. The van der Waals surface area contributed by atoms with Gasteiger partial charge in [0.2, 0.25) is 0 Å². The van der Waals surface area contributed by atoms with Gasteiger partial charge in [0.15, 0.2) is 0 Å². The first kappa shape index (κ1) is 12.8. The number of aromatic nitrogens is 2. The Hall–Kier alpha value is -1.60. The molecule has 0 bridgehead atoms. The summed E-state index contributed by atoms with van der Waals surface area (Å²) in [5.74, 6) is -0.200. The molecule has 1 aromatic heterocycles. The van der Waals surface area contributed by atoms with E-state index in [4.69, 9.17) is 10.5 Å². The number of carbonyl (C=O) groups is 1. The second kappa shape index (κ2) is 5.36. The number of aliphatic hydroxyl groups is 1. The minimum atomic E-state index is -0.314. The summed E-state index contributed by atoms with van der Waals surface area (Å²) in [6.07, 6.45) is 1.48. The smallest absolute Gasteiger partial charge is 0.274 e. The Kier molecular flexibility index (Phi) is 3.83. The highest BCUT2D eigenvalue weighted by Gasteiger charge is 2.30. The topological polar surface area (TPSA) is 93.6 Å². The van der Waals surface area contributed by atoms with Crippen LogP contribution >= 0.6 is 0 Å². The number of ether oxygens (including phenoxy) is 1. The summed E-state index contributed by atoms with van der Waals surface area (Å²) < 4.78 is 6.82. The van der Waals surface area contributed by atoms with Gasteiger partial charge >= 0.3 is 0 Å². The average Bonchev–Trinajstić information content (AvgIpc) is 2.79. The fraction of sp³-hybridized carbons (Fsp3) is 0.636. The molecule has 1 saturated heterocycles. The van der Waals surface area contributed by atoms with Gasteiger partial charge in [0.1, 0.15) is 5.69 Å². The first-order chi connectivity index (χ1) is 8.69. The molecule has 0 spiro atoms. The van der Waals surface area contributed by atoms with Crippen LogP contribution in [0.15, 0.2) is 6.20 Å². The van der Waals surface area contributed by atoms with Gasteiger partial charge in [-0.3, -0.25) is 9.48 Å². The molecule has 1 aliphatic heterocycles. The lowest BCUT2D eigenvalue weighted by atomic mass is 10.2. The highest BCUT2D eigenvalue weighted by molar-refractivity contribution is 5.97. The monoisotopic (exact) mass is 254 g/mol. The van der Waals surface area contributed by atoms with Crippen LogP contribution in [-0.4, -0.2) is 58.1 Å². The Morgan fingerprint density at radius 3 is 3.17 bits per heavy atom. The van der Waals surface area contributed by atoms with Crippen LogP contribution in [-0.2, 0) is 11.3 Å². The lowest BCUT2D eigenvalue weighted by molar-refractivity contribution is -0.0188. The SMILES string of the molecule is CCn1ncc(N)c1C(=O)N1CCOCC1CO. The van der Waals surface area contributed by atoms with E-state index in [9.17, 15) is 9.90 Å². The molecule has 2 heterocycles. The summed E-state index contributed by atoms with van der Waals surface area (Å²) in [6.45, 7) is 3.63. The number of aliphatic hydroxyl groups excluding tert-OH is 1. The summed E-state index contributed by atoms with van der Waals surface area (Å²) in [4.78, 5) is 14.0. The molecular weight excluding hydrogens is 236 g/mol. The Labute approximate surface area is 105 Å². The third kappa shape index (κ3) is 2.19. The molecule has 1 atom stereocenters. The fourth-order valence-corrected chi connectivity index (χ4v) is 2.08. The quantitative estimate of drug-likeness (QED) is 0.745. The molecule has 7 heteroatoms. The van der Waals surface area contributed by atoms with Gasteiger partial charge in [-0.1, -0.05) is 0 Å². The minimum Gasteiger partial charge on any atom is -0.396 e. The van der Waals surface area contributed by atoms with Crippen LogP contribution in [0.4, 0.5) is 5.69 Å². The highest BCUT2D eigenvalue weighted by Crippen LogP contribution is 2.17. The zero-order valence-electron chi connectivity index (χ0n) is 10.4. The zero-order valence-corrected chi connectivity index (χ0v) is 10.4. The maximum Gasteiger partial charge on any atom is 0.274 e. The molecule has 100 valence electrons. The van der Waals surface area contributed by atoms with Crippen LogP contribution in [0.1, 0.15) is 17.4 Å². The Bertz CT molecular complexity index is 432. The standard InChI is InChI=1S/C11H18N4O3/c1-2-15-10(9(12)5-13-15)11(17)14-3-4-18-7-8(14)6-16/h5,8,16H,2-4,6-7,12H2,1H3. The summed E-state index contributed by atoms with van der Waals surface area (Å²) in [5, 5.41) is 13.3. The molecule has 0 saturated carbocycles. The number of nitrogens with zero attached hydrogens (tertiary/aromatic N) is 3. The van der Waals surface area contributed by atoms with Gasteiger partial charge in [0.05, 0.1) is 37.7 Å². The van der Waals surface area contributed by atoms with Gasteiger partial charge in [-0.15, -0.1) is 0 Å². The van der Waals surface area contributed by atoms with Crippen LogP contribution in [0.25, 0.3) is 0 Å². The van der Waals surface area contributed by atoms with Gasteiger partial charge < -0.3 is 20.5 Å². The molecule has 18 heavy (non-hydrogen) atoms. The van der Waals surface area contributed by atoms with Crippen molar-refractivity contribution >= 4 is 11.6 Å². The molecule has 1 unspecified atom stereocenters. The van der Waals surface area contributed by atoms with Crippen molar-refractivity contribution in [1.82, 2.24) is 14.7 Å². The molecule has 1 aliphatic rings. The predicted octanol–water partition coefficient (Wildman–Crippen LogP) is -0.681. The molecule has 1 aromatic rings. The molecule has 0 aromatic carbocycles. The highest BCUT2D eigenvalue weighted by atomic mass is 16.5.